The van der Waals surface area contributed by atoms with E-state index in [1.165, 1.54) is 12.1 Å². The van der Waals surface area contributed by atoms with Crippen molar-refractivity contribution >= 4 is 27.5 Å². The summed E-state index contributed by atoms with van der Waals surface area (Å²) in [7, 11) is -3.68. The zero-order valence-corrected chi connectivity index (χ0v) is 15.6. The molecule has 8 nitrogen and oxygen atoms in total. The number of nitriles is 1. The van der Waals surface area contributed by atoms with Gasteiger partial charge in [-0.25, -0.2) is 18.5 Å². The van der Waals surface area contributed by atoms with Gasteiger partial charge in [-0.3, -0.25) is 0 Å². The molecule has 28 heavy (non-hydrogen) atoms. The van der Waals surface area contributed by atoms with E-state index in [1.54, 1.807) is 42.6 Å². The molecule has 0 radical (unpaired) electrons. The number of hydrogen-bond acceptors (Lipinski definition) is 7. The number of nitrogens with one attached hydrogen (secondary N) is 2. The van der Waals surface area contributed by atoms with Gasteiger partial charge in [0, 0.05) is 18.4 Å². The molecule has 3 rings (SSSR count). The maximum Gasteiger partial charge on any atom is 0.238 e. The number of benzene rings is 2. The number of nitrogens with two attached hydrogens (primary N) is 1. The number of rotatable bonds is 7. The second-order valence-corrected chi connectivity index (χ2v) is 7.51. The van der Waals surface area contributed by atoms with Gasteiger partial charge < -0.3 is 10.6 Å². The molecule has 0 amide bonds. The monoisotopic (exact) mass is 394 g/mol. The van der Waals surface area contributed by atoms with Gasteiger partial charge in [0.15, 0.2) is 0 Å². The molecule has 0 fully saturated rings. The van der Waals surface area contributed by atoms with Crippen LogP contribution < -0.4 is 15.8 Å². The van der Waals surface area contributed by atoms with Crippen molar-refractivity contribution in [2.75, 3.05) is 17.2 Å². The van der Waals surface area contributed by atoms with Crippen LogP contribution in [0.3, 0.4) is 0 Å². The molecule has 0 atom stereocenters. The molecule has 4 N–H and O–H groups in total. The van der Waals surface area contributed by atoms with E-state index < -0.39 is 10.0 Å². The Balaban J connectivity index is 1.58. The van der Waals surface area contributed by atoms with Crippen LogP contribution in [0.1, 0.15) is 11.1 Å². The van der Waals surface area contributed by atoms with Gasteiger partial charge in [-0.15, -0.1) is 0 Å². The third-order valence-corrected chi connectivity index (χ3v) is 4.80. The molecule has 1 aromatic heterocycles. The Kier molecular flexibility index (Phi) is 5.84. The van der Waals surface area contributed by atoms with Crippen LogP contribution in [0.5, 0.6) is 0 Å². The molecular formula is C19H18N6O2S. The SMILES string of the molecule is N#Cc1cccc(Nc2nccc(NCCc3ccc(S(N)(=O)=O)cc3)n2)c1. The highest BCUT2D eigenvalue weighted by atomic mass is 32.2. The molecule has 2 aromatic carbocycles. The van der Waals surface area contributed by atoms with Crippen LogP contribution in [-0.4, -0.2) is 24.9 Å². The third kappa shape index (κ3) is 5.26. The van der Waals surface area contributed by atoms with E-state index >= 15 is 0 Å². The van der Waals surface area contributed by atoms with Crippen LogP contribution in [0.2, 0.25) is 0 Å². The summed E-state index contributed by atoms with van der Waals surface area (Å²) in [5, 5.41) is 20.3. The first-order valence-electron chi connectivity index (χ1n) is 8.40. The van der Waals surface area contributed by atoms with Crippen molar-refractivity contribution in [3.05, 3.63) is 71.9 Å². The predicted molar refractivity (Wildman–Crippen MR) is 106 cm³/mol. The highest BCUT2D eigenvalue weighted by Gasteiger charge is 2.06. The topological polar surface area (TPSA) is 134 Å². The average Bonchev–Trinajstić information content (AvgIpc) is 2.68. The normalized spacial score (nSPS) is 10.9. The number of aromatic nitrogens is 2. The molecule has 0 spiro atoms. The Morgan fingerprint density at radius 2 is 1.89 bits per heavy atom. The first-order chi connectivity index (χ1) is 13.4. The summed E-state index contributed by atoms with van der Waals surface area (Å²) < 4.78 is 22.5. The molecule has 3 aromatic rings. The van der Waals surface area contributed by atoms with Crippen LogP contribution in [-0.2, 0) is 16.4 Å². The minimum Gasteiger partial charge on any atom is -0.370 e. The van der Waals surface area contributed by atoms with E-state index in [0.29, 0.717) is 30.3 Å². The highest BCUT2D eigenvalue weighted by molar-refractivity contribution is 7.89. The van der Waals surface area contributed by atoms with Gasteiger partial charge >= 0.3 is 0 Å². The number of hydrogen-bond donors (Lipinski definition) is 3. The van der Waals surface area contributed by atoms with Crippen molar-refractivity contribution in [3.63, 3.8) is 0 Å². The number of anilines is 3. The van der Waals surface area contributed by atoms with E-state index in [-0.39, 0.29) is 4.90 Å². The van der Waals surface area contributed by atoms with Crippen LogP contribution in [0.15, 0.2) is 65.7 Å². The van der Waals surface area contributed by atoms with E-state index in [4.69, 9.17) is 10.4 Å². The van der Waals surface area contributed by atoms with Crippen molar-refractivity contribution in [2.45, 2.75) is 11.3 Å². The number of sulfonamides is 1. The van der Waals surface area contributed by atoms with Crippen LogP contribution in [0.25, 0.3) is 0 Å². The van der Waals surface area contributed by atoms with Crippen molar-refractivity contribution in [2.24, 2.45) is 5.14 Å². The van der Waals surface area contributed by atoms with Crippen molar-refractivity contribution in [3.8, 4) is 6.07 Å². The van der Waals surface area contributed by atoms with E-state index in [0.717, 1.165) is 11.3 Å². The fourth-order valence-electron chi connectivity index (χ4n) is 2.49. The Hall–Kier alpha value is -3.48. The molecule has 142 valence electrons. The Morgan fingerprint density at radius 1 is 1.11 bits per heavy atom. The standard InChI is InChI=1S/C19H18N6O2S/c20-13-15-2-1-3-16(12-15)24-19-23-11-9-18(25-19)22-10-8-14-4-6-17(7-5-14)28(21,26)27/h1-7,9,11-12H,8,10H2,(H2,21,26,27)(H2,22,23,24,25). The molecular weight excluding hydrogens is 376 g/mol. The van der Waals surface area contributed by atoms with E-state index in [1.807, 2.05) is 6.07 Å². The zero-order chi connectivity index (χ0) is 20.0. The lowest BCUT2D eigenvalue weighted by Crippen LogP contribution is -2.12. The summed E-state index contributed by atoms with van der Waals surface area (Å²) in [5.41, 5.74) is 2.25. The second kappa shape index (κ2) is 8.47. The Morgan fingerprint density at radius 3 is 2.61 bits per heavy atom. The molecule has 9 heteroatoms. The average molecular weight is 394 g/mol. The molecule has 0 saturated heterocycles. The molecule has 0 aliphatic heterocycles. The summed E-state index contributed by atoms with van der Waals surface area (Å²) >= 11 is 0. The van der Waals surface area contributed by atoms with E-state index in [2.05, 4.69) is 26.7 Å². The molecule has 0 unspecified atom stereocenters. The molecule has 1 heterocycles. The minimum atomic E-state index is -3.68. The molecule has 0 bridgehead atoms. The van der Waals surface area contributed by atoms with Gasteiger partial charge in [0.2, 0.25) is 16.0 Å². The Bertz CT molecular complexity index is 1110. The second-order valence-electron chi connectivity index (χ2n) is 5.95. The van der Waals surface area contributed by atoms with Gasteiger partial charge in [0.05, 0.1) is 16.5 Å². The maximum absolute atomic E-state index is 11.3. The minimum absolute atomic E-state index is 0.0937. The van der Waals surface area contributed by atoms with Gasteiger partial charge in [-0.2, -0.15) is 10.2 Å². The van der Waals surface area contributed by atoms with Gasteiger partial charge in [-0.05, 0) is 48.4 Å². The number of nitrogens with zero attached hydrogens (tertiary/aromatic N) is 3. The first kappa shape index (κ1) is 19.3. The van der Waals surface area contributed by atoms with Crippen LogP contribution >= 0.6 is 0 Å². The van der Waals surface area contributed by atoms with Crippen LogP contribution in [0, 0.1) is 11.3 Å². The fourth-order valence-corrected chi connectivity index (χ4v) is 3.01. The largest absolute Gasteiger partial charge is 0.370 e. The fraction of sp³-hybridized carbons (Fsp3) is 0.105. The van der Waals surface area contributed by atoms with Gasteiger partial charge in [0.25, 0.3) is 0 Å². The third-order valence-electron chi connectivity index (χ3n) is 3.88. The maximum atomic E-state index is 11.3. The lowest BCUT2D eigenvalue weighted by atomic mass is 10.1. The van der Waals surface area contributed by atoms with Crippen LogP contribution in [0.4, 0.5) is 17.5 Å². The quantitative estimate of drug-likeness (QED) is 0.560. The summed E-state index contributed by atoms with van der Waals surface area (Å²) in [6.45, 7) is 0.606. The summed E-state index contributed by atoms with van der Waals surface area (Å²) in [6, 6.07) is 17.3. The summed E-state index contributed by atoms with van der Waals surface area (Å²) in [6.07, 6.45) is 2.31. The number of primary sulfonamides is 1. The zero-order valence-electron chi connectivity index (χ0n) is 14.8. The first-order valence-corrected chi connectivity index (χ1v) is 9.94. The highest BCUT2D eigenvalue weighted by Crippen LogP contribution is 2.16. The van der Waals surface area contributed by atoms with Gasteiger partial charge in [0.1, 0.15) is 5.82 Å². The van der Waals surface area contributed by atoms with Crippen molar-refractivity contribution in [1.29, 1.82) is 5.26 Å². The lowest BCUT2D eigenvalue weighted by Gasteiger charge is -2.09. The van der Waals surface area contributed by atoms with Crippen molar-refractivity contribution in [1.82, 2.24) is 9.97 Å². The summed E-state index contributed by atoms with van der Waals surface area (Å²) in [4.78, 5) is 8.66. The Labute approximate surface area is 163 Å². The molecule has 0 aliphatic rings. The summed E-state index contributed by atoms with van der Waals surface area (Å²) in [5.74, 6) is 1.06. The van der Waals surface area contributed by atoms with E-state index in [9.17, 15) is 8.42 Å². The van der Waals surface area contributed by atoms with Gasteiger partial charge in [-0.1, -0.05) is 18.2 Å². The smallest absolute Gasteiger partial charge is 0.238 e. The molecule has 0 aliphatic carbocycles. The van der Waals surface area contributed by atoms with Crippen molar-refractivity contribution < 1.29 is 8.42 Å². The lowest BCUT2D eigenvalue weighted by molar-refractivity contribution is 0.598. The predicted octanol–water partition coefficient (Wildman–Crippen LogP) is 2.39. The molecule has 0 saturated carbocycles.